The fourth-order valence-corrected chi connectivity index (χ4v) is 0.839. The van der Waals surface area contributed by atoms with Crippen molar-refractivity contribution < 1.29 is 14.3 Å². The maximum atomic E-state index is 12.8. The van der Waals surface area contributed by atoms with Gasteiger partial charge in [0.1, 0.15) is 5.56 Å². The molecule has 0 amide bonds. The van der Waals surface area contributed by atoms with Gasteiger partial charge in [-0.2, -0.15) is 9.65 Å². The van der Waals surface area contributed by atoms with Crippen molar-refractivity contribution in [3.63, 3.8) is 0 Å². The average molecular weight is 192 g/mol. The number of aromatic carboxylic acids is 1. The van der Waals surface area contributed by atoms with Crippen molar-refractivity contribution in [2.75, 3.05) is 0 Å². The number of halogens is 1. The quantitative estimate of drug-likeness (QED) is 0.568. The molecule has 0 saturated heterocycles. The summed E-state index contributed by atoms with van der Waals surface area (Å²) < 4.78 is 12.8. The summed E-state index contributed by atoms with van der Waals surface area (Å²) in [6, 6.07) is 2.84. The summed E-state index contributed by atoms with van der Waals surface area (Å²) in [7, 11) is 0. The van der Waals surface area contributed by atoms with E-state index < -0.39 is 17.5 Å². The lowest BCUT2D eigenvalue weighted by molar-refractivity contribution is 0.0690. The second-order valence-electron chi connectivity index (χ2n) is 2.37. The first-order chi connectivity index (χ1) is 6.65. The first kappa shape index (κ1) is 9.86. The van der Waals surface area contributed by atoms with E-state index in [9.17, 15) is 9.18 Å². The largest absolute Gasteiger partial charge is 0.478 e. The lowest BCUT2D eigenvalue weighted by Gasteiger charge is -1.97. The highest BCUT2D eigenvalue weighted by molar-refractivity contribution is 5.88. The third-order valence-corrected chi connectivity index (χ3v) is 1.44. The smallest absolute Gasteiger partial charge is 0.340 e. The fourth-order valence-electron chi connectivity index (χ4n) is 0.839. The predicted molar refractivity (Wildman–Crippen MR) is 45.8 cm³/mol. The molecular weight excluding hydrogens is 187 g/mol. The summed E-state index contributed by atoms with van der Waals surface area (Å²) in [5.41, 5.74) is -0.143. The average Bonchev–Trinajstić information content (AvgIpc) is 2.16. The zero-order valence-corrected chi connectivity index (χ0v) is 6.94. The van der Waals surface area contributed by atoms with Crippen LogP contribution in [0.2, 0.25) is 0 Å². The second-order valence-corrected chi connectivity index (χ2v) is 2.37. The third kappa shape index (κ3) is 2.14. The second kappa shape index (κ2) is 4.14. The van der Waals surface area contributed by atoms with Gasteiger partial charge in [-0.05, 0) is 17.7 Å². The van der Waals surface area contributed by atoms with Crippen molar-refractivity contribution >= 4 is 12.0 Å². The molecule has 5 heteroatoms. The zero-order chi connectivity index (χ0) is 10.6. The van der Waals surface area contributed by atoms with Crippen LogP contribution in [-0.4, -0.2) is 16.1 Å². The predicted octanol–water partition coefficient (Wildman–Crippen LogP) is 1.46. The lowest BCUT2D eigenvalue weighted by atomic mass is 10.2. The fraction of sp³-hybridized carbons (Fsp3) is 0. The Labute approximate surface area is 78.9 Å². The van der Waals surface area contributed by atoms with Crippen LogP contribution in [0.3, 0.4) is 0 Å². The van der Waals surface area contributed by atoms with Crippen LogP contribution in [0.1, 0.15) is 15.9 Å². The number of hydrogen-bond acceptors (Lipinski definition) is 3. The van der Waals surface area contributed by atoms with Crippen molar-refractivity contribution in [1.29, 1.82) is 5.26 Å². The van der Waals surface area contributed by atoms with Gasteiger partial charge in [0.05, 0.1) is 6.07 Å². The normalized spacial score (nSPS) is 10.0. The molecule has 1 rings (SSSR count). The molecule has 14 heavy (non-hydrogen) atoms. The van der Waals surface area contributed by atoms with Crippen molar-refractivity contribution in [3.05, 3.63) is 35.4 Å². The minimum atomic E-state index is -1.39. The molecule has 1 aromatic heterocycles. The summed E-state index contributed by atoms with van der Waals surface area (Å²) in [4.78, 5) is 13.7. The Hall–Kier alpha value is -2.22. The van der Waals surface area contributed by atoms with Gasteiger partial charge in [0.15, 0.2) is 0 Å². The summed E-state index contributed by atoms with van der Waals surface area (Å²) in [5.74, 6) is -2.42. The molecule has 4 nitrogen and oxygen atoms in total. The maximum absolute atomic E-state index is 12.8. The first-order valence-electron chi connectivity index (χ1n) is 3.60. The molecule has 0 aromatic carbocycles. The Morgan fingerprint density at radius 2 is 2.43 bits per heavy atom. The topological polar surface area (TPSA) is 74.0 Å². The van der Waals surface area contributed by atoms with E-state index in [1.54, 1.807) is 6.07 Å². The number of allylic oxidation sites excluding steroid dienone is 1. The van der Waals surface area contributed by atoms with E-state index in [0.717, 1.165) is 18.3 Å². The van der Waals surface area contributed by atoms with Crippen LogP contribution in [0.25, 0.3) is 6.08 Å². The lowest BCUT2D eigenvalue weighted by Crippen LogP contribution is -2.02. The van der Waals surface area contributed by atoms with E-state index in [2.05, 4.69) is 4.98 Å². The molecule has 0 aliphatic rings. The monoisotopic (exact) mass is 192 g/mol. The van der Waals surface area contributed by atoms with Crippen LogP contribution < -0.4 is 0 Å². The molecule has 0 saturated carbocycles. The van der Waals surface area contributed by atoms with E-state index in [1.165, 1.54) is 6.08 Å². The van der Waals surface area contributed by atoms with Crippen LogP contribution in [0, 0.1) is 17.3 Å². The summed E-state index contributed by atoms with van der Waals surface area (Å²) in [6.07, 6.45) is 3.65. The molecule has 0 unspecified atom stereocenters. The molecule has 0 spiro atoms. The van der Waals surface area contributed by atoms with Crippen LogP contribution >= 0.6 is 0 Å². The number of rotatable bonds is 2. The maximum Gasteiger partial charge on any atom is 0.340 e. The highest BCUT2D eigenvalue weighted by atomic mass is 19.1. The molecule has 70 valence electrons. The van der Waals surface area contributed by atoms with Gasteiger partial charge in [-0.3, -0.25) is 0 Å². The first-order valence-corrected chi connectivity index (χ1v) is 3.60. The van der Waals surface area contributed by atoms with Crippen LogP contribution in [-0.2, 0) is 0 Å². The van der Waals surface area contributed by atoms with Gasteiger partial charge in [-0.15, -0.1) is 0 Å². The Kier molecular flexibility index (Phi) is 2.92. The van der Waals surface area contributed by atoms with Crippen molar-refractivity contribution in [2.45, 2.75) is 0 Å². The van der Waals surface area contributed by atoms with Gasteiger partial charge in [0, 0.05) is 12.3 Å². The molecule has 1 aromatic rings. The molecule has 0 bridgehead atoms. The van der Waals surface area contributed by atoms with Gasteiger partial charge in [-0.25, -0.2) is 9.78 Å². The van der Waals surface area contributed by atoms with E-state index in [0.29, 0.717) is 5.56 Å². The van der Waals surface area contributed by atoms with Gasteiger partial charge in [-0.1, -0.05) is 0 Å². The SMILES string of the molecule is N#CC=Cc1cnc(F)c(C(=O)O)c1. The summed E-state index contributed by atoms with van der Waals surface area (Å²) >= 11 is 0. The van der Waals surface area contributed by atoms with Gasteiger partial charge in [0.2, 0.25) is 5.95 Å². The molecule has 0 atom stereocenters. The van der Waals surface area contributed by atoms with Gasteiger partial charge in [0.25, 0.3) is 0 Å². The zero-order valence-electron chi connectivity index (χ0n) is 6.94. The van der Waals surface area contributed by atoms with Crippen LogP contribution in [0.15, 0.2) is 18.3 Å². The summed E-state index contributed by atoms with van der Waals surface area (Å²) in [6.45, 7) is 0. The summed E-state index contributed by atoms with van der Waals surface area (Å²) in [5, 5.41) is 16.8. The van der Waals surface area contributed by atoms with E-state index >= 15 is 0 Å². The van der Waals surface area contributed by atoms with Gasteiger partial charge < -0.3 is 5.11 Å². The molecule has 0 radical (unpaired) electrons. The Balaban J connectivity index is 3.14. The van der Waals surface area contributed by atoms with Crippen LogP contribution in [0.5, 0.6) is 0 Å². The van der Waals surface area contributed by atoms with E-state index in [1.807, 2.05) is 0 Å². The minimum absolute atomic E-state index is 0.366. The molecular formula is C9H5FN2O2. The van der Waals surface area contributed by atoms with Crippen molar-refractivity contribution in [2.24, 2.45) is 0 Å². The number of hydrogen-bond donors (Lipinski definition) is 1. The molecule has 0 aliphatic heterocycles. The third-order valence-electron chi connectivity index (χ3n) is 1.44. The number of pyridine rings is 1. The highest BCUT2D eigenvalue weighted by Gasteiger charge is 2.10. The Bertz CT molecular complexity index is 435. The number of carbonyl (C=O) groups is 1. The number of nitrogens with zero attached hydrogens (tertiary/aromatic N) is 2. The van der Waals surface area contributed by atoms with Crippen molar-refractivity contribution in [3.8, 4) is 6.07 Å². The Morgan fingerprint density at radius 1 is 1.71 bits per heavy atom. The van der Waals surface area contributed by atoms with E-state index in [-0.39, 0.29) is 0 Å². The Morgan fingerprint density at radius 3 is 3.00 bits per heavy atom. The van der Waals surface area contributed by atoms with Crippen LogP contribution in [0.4, 0.5) is 4.39 Å². The standard InChI is InChI=1S/C9H5FN2O2/c10-8-7(9(13)14)4-6(5-12-8)2-1-3-11/h1-2,4-5H,(H,13,14). The molecule has 1 N–H and O–H groups in total. The molecule has 0 aliphatic carbocycles. The van der Waals surface area contributed by atoms with Crippen molar-refractivity contribution in [1.82, 2.24) is 4.98 Å². The number of nitriles is 1. The number of carboxylic acid groups (broad SMARTS) is 1. The number of carboxylic acids is 1. The minimum Gasteiger partial charge on any atom is -0.478 e. The highest BCUT2D eigenvalue weighted by Crippen LogP contribution is 2.08. The number of aromatic nitrogens is 1. The molecule has 1 heterocycles. The van der Waals surface area contributed by atoms with Gasteiger partial charge >= 0.3 is 5.97 Å². The molecule has 0 fully saturated rings. The van der Waals surface area contributed by atoms with E-state index in [4.69, 9.17) is 10.4 Å².